The van der Waals surface area contributed by atoms with Crippen LogP contribution in [0, 0.1) is 5.41 Å². The molecule has 1 fully saturated rings. The largest absolute Gasteiger partial charge is 0.481 e. The molecule has 1 aromatic heterocycles. The highest BCUT2D eigenvalue weighted by Crippen LogP contribution is 2.38. The standard InChI is InChI=1S/C14H18BrNO2/c15-11-5-6-12(16-10-11)9-14(13(17)18)7-3-1-2-4-8-14/h5-6,10H,1-4,7-9H2,(H,17,18). The second-order valence-electron chi connectivity index (χ2n) is 5.14. The van der Waals surface area contributed by atoms with E-state index in [0.29, 0.717) is 6.42 Å². The fourth-order valence-electron chi connectivity index (χ4n) is 2.73. The Bertz CT molecular complexity index is 408. The Balaban J connectivity index is 2.19. The molecule has 1 aromatic rings. The lowest BCUT2D eigenvalue weighted by atomic mass is 9.76. The van der Waals surface area contributed by atoms with E-state index in [9.17, 15) is 9.90 Å². The lowest BCUT2D eigenvalue weighted by molar-refractivity contribution is -0.149. The smallest absolute Gasteiger partial charge is 0.310 e. The Labute approximate surface area is 116 Å². The van der Waals surface area contributed by atoms with E-state index in [-0.39, 0.29) is 0 Å². The summed E-state index contributed by atoms with van der Waals surface area (Å²) in [6.07, 6.45) is 8.19. The summed E-state index contributed by atoms with van der Waals surface area (Å²) in [6, 6.07) is 3.84. The first-order valence-corrected chi connectivity index (χ1v) is 7.26. The maximum Gasteiger partial charge on any atom is 0.310 e. The molecule has 1 heterocycles. The van der Waals surface area contributed by atoms with Gasteiger partial charge in [-0.25, -0.2) is 0 Å². The van der Waals surface area contributed by atoms with Crippen LogP contribution in [0.25, 0.3) is 0 Å². The average Bonchev–Trinajstić information content (AvgIpc) is 2.59. The molecule has 3 nitrogen and oxygen atoms in total. The van der Waals surface area contributed by atoms with Crippen molar-refractivity contribution in [3.63, 3.8) is 0 Å². The van der Waals surface area contributed by atoms with Gasteiger partial charge in [0.15, 0.2) is 0 Å². The van der Waals surface area contributed by atoms with Gasteiger partial charge in [0.2, 0.25) is 0 Å². The number of rotatable bonds is 3. The average molecular weight is 312 g/mol. The highest BCUT2D eigenvalue weighted by molar-refractivity contribution is 9.10. The summed E-state index contributed by atoms with van der Waals surface area (Å²) < 4.78 is 0.927. The van der Waals surface area contributed by atoms with E-state index >= 15 is 0 Å². The van der Waals surface area contributed by atoms with Crippen molar-refractivity contribution in [3.8, 4) is 0 Å². The van der Waals surface area contributed by atoms with Gasteiger partial charge < -0.3 is 5.11 Å². The Hall–Kier alpha value is -0.900. The van der Waals surface area contributed by atoms with Gasteiger partial charge >= 0.3 is 5.97 Å². The van der Waals surface area contributed by atoms with Crippen LogP contribution in [0.3, 0.4) is 0 Å². The van der Waals surface area contributed by atoms with Gasteiger partial charge in [-0.15, -0.1) is 0 Å². The third kappa shape index (κ3) is 3.10. The molecule has 98 valence electrons. The van der Waals surface area contributed by atoms with E-state index in [1.165, 1.54) is 0 Å². The highest BCUT2D eigenvalue weighted by atomic mass is 79.9. The molecule has 0 spiro atoms. The number of aromatic nitrogens is 1. The van der Waals surface area contributed by atoms with Crippen LogP contribution >= 0.6 is 15.9 Å². The van der Waals surface area contributed by atoms with Crippen LogP contribution in [0.5, 0.6) is 0 Å². The van der Waals surface area contributed by atoms with Crippen molar-refractivity contribution in [1.29, 1.82) is 0 Å². The summed E-state index contributed by atoms with van der Waals surface area (Å²) in [5.74, 6) is -0.658. The number of hydrogen-bond donors (Lipinski definition) is 1. The molecule has 1 N–H and O–H groups in total. The minimum Gasteiger partial charge on any atom is -0.481 e. The normalized spacial score (nSPS) is 19.2. The Morgan fingerprint density at radius 2 is 1.94 bits per heavy atom. The molecule has 1 aliphatic carbocycles. The number of pyridine rings is 1. The maximum atomic E-state index is 11.7. The monoisotopic (exact) mass is 311 g/mol. The van der Waals surface area contributed by atoms with Crippen LogP contribution in [0.2, 0.25) is 0 Å². The lowest BCUT2D eigenvalue weighted by Gasteiger charge is -2.27. The van der Waals surface area contributed by atoms with Gasteiger partial charge in [-0.05, 0) is 40.9 Å². The van der Waals surface area contributed by atoms with E-state index in [1.54, 1.807) is 6.20 Å². The van der Waals surface area contributed by atoms with Crippen LogP contribution in [0.4, 0.5) is 0 Å². The summed E-state index contributed by atoms with van der Waals surface area (Å²) in [4.78, 5) is 16.0. The van der Waals surface area contributed by atoms with Crippen LogP contribution in [-0.2, 0) is 11.2 Å². The first kappa shape index (κ1) is 13.5. The minimum atomic E-state index is -0.658. The minimum absolute atomic E-state index is 0.551. The molecule has 0 radical (unpaired) electrons. The number of nitrogens with zero attached hydrogens (tertiary/aromatic N) is 1. The van der Waals surface area contributed by atoms with Gasteiger partial charge in [-0.3, -0.25) is 9.78 Å². The Morgan fingerprint density at radius 1 is 1.28 bits per heavy atom. The number of halogens is 1. The Morgan fingerprint density at radius 3 is 2.44 bits per heavy atom. The molecule has 1 saturated carbocycles. The topological polar surface area (TPSA) is 50.2 Å². The quantitative estimate of drug-likeness (QED) is 0.863. The fraction of sp³-hybridized carbons (Fsp3) is 0.571. The number of carboxylic acids is 1. The maximum absolute atomic E-state index is 11.7. The van der Waals surface area contributed by atoms with Gasteiger partial charge in [0.25, 0.3) is 0 Å². The van der Waals surface area contributed by atoms with Crippen molar-refractivity contribution in [2.75, 3.05) is 0 Å². The third-order valence-corrected chi connectivity index (χ3v) is 4.29. The number of carbonyl (C=O) groups is 1. The zero-order valence-corrected chi connectivity index (χ0v) is 11.9. The lowest BCUT2D eigenvalue weighted by Crippen LogP contribution is -2.33. The number of aliphatic carboxylic acids is 1. The van der Waals surface area contributed by atoms with Gasteiger partial charge in [0.1, 0.15) is 0 Å². The summed E-state index contributed by atoms with van der Waals surface area (Å²) in [7, 11) is 0. The molecule has 1 aliphatic rings. The van der Waals surface area contributed by atoms with E-state index in [0.717, 1.165) is 48.7 Å². The van der Waals surface area contributed by atoms with Crippen molar-refractivity contribution in [1.82, 2.24) is 4.98 Å². The SMILES string of the molecule is O=C(O)C1(Cc2ccc(Br)cn2)CCCCCC1. The molecule has 2 rings (SSSR count). The van der Waals surface area contributed by atoms with Gasteiger partial charge in [0.05, 0.1) is 5.41 Å². The van der Waals surface area contributed by atoms with Crippen molar-refractivity contribution in [3.05, 3.63) is 28.5 Å². The van der Waals surface area contributed by atoms with Crippen LogP contribution in [0.1, 0.15) is 44.2 Å². The molecule has 0 atom stereocenters. The second-order valence-corrected chi connectivity index (χ2v) is 6.06. The van der Waals surface area contributed by atoms with E-state index in [1.807, 2.05) is 12.1 Å². The second kappa shape index (κ2) is 5.83. The zero-order valence-electron chi connectivity index (χ0n) is 10.4. The van der Waals surface area contributed by atoms with Crippen molar-refractivity contribution in [2.45, 2.75) is 44.9 Å². The molecular weight excluding hydrogens is 294 g/mol. The molecular formula is C14H18BrNO2. The molecule has 0 aliphatic heterocycles. The Kier molecular flexibility index (Phi) is 4.38. The van der Waals surface area contributed by atoms with Crippen molar-refractivity contribution < 1.29 is 9.90 Å². The van der Waals surface area contributed by atoms with Gasteiger partial charge in [0, 0.05) is 22.8 Å². The van der Waals surface area contributed by atoms with Crippen LogP contribution in [0.15, 0.2) is 22.8 Å². The van der Waals surface area contributed by atoms with Crippen LogP contribution < -0.4 is 0 Å². The molecule has 0 bridgehead atoms. The third-order valence-electron chi connectivity index (χ3n) is 3.82. The fourth-order valence-corrected chi connectivity index (χ4v) is 2.96. The first-order valence-electron chi connectivity index (χ1n) is 6.46. The van der Waals surface area contributed by atoms with Gasteiger partial charge in [-0.1, -0.05) is 25.7 Å². The van der Waals surface area contributed by atoms with E-state index in [4.69, 9.17) is 0 Å². The summed E-state index contributed by atoms with van der Waals surface area (Å²) in [6.45, 7) is 0. The van der Waals surface area contributed by atoms with E-state index < -0.39 is 11.4 Å². The summed E-state index contributed by atoms with van der Waals surface area (Å²) in [5.41, 5.74) is 0.277. The highest BCUT2D eigenvalue weighted by Gasteiger charge is 2.38. The first-order chi connectivity index (χ1) is 8.62. The van der Waals surface area contributed by atoms with Crippen molar-refractivity contribution in [2.24, 2.45) is 5.41 Å². The molecule has 0 aromatic carbocycles. The predicted octanol–water partition coefficient (Wildman–Crippen LogP) is 3.81. The number of carboxylic acid groups (broad SMARTS) is 1. The molecule has 4 heteroatoms. The molecule has 18 heavy (non-hydrogen) atoms. The van der Waals surface area contributed by atoms with Crippen molar-refractivity contribution >= 4 is 21.9 Å². The molecule has 0 amide bonds. The summed E-state index contributed by atoms with van der Waals surface area (Å²) >= 11 is 3.35. The molecule has 0 saturated heterocycles. The van der Waals surface area contributed by atoms with Crippen LogP contribution in [-0.4, -0.2) is 16.1 Å². The van der Waals surface area contributed by atoms with Gasteiger partial charge in [-0.2, -0.15) is 0 Å². The molecule has 0 unspecified atom stereocenters. The van der Waals surface area contributed by atoms with E-state index in [2.05, 4.69) is 20.9 Å². The zero-order chi connectivity index (χ0) is 13.0. The predicted molar refractivity (Wildman–Crippen MR) is 73.4 cm³/mol. The summed E-state index contributed by atoms with van der Waals surface area (Å²) in [5, 5.41) is 9.59. The number of hydrogen-bond acceptors (Lipinski definition) is 2.